The van der Waals surface area contributed by atoms with E-state index in [9.17, 15) is 0 Å². The number of thiophene rings is 2. The third kappa shape index (κ3) is 5.16. The maximum absolute atomic E-state index is 2.45. The second kappa shape index (κ2) is 13.3. The highest BCUT2D eigenvalue weighted by Gasteiger charge is 2.22. The zero-order chi connectivity index (χ0) is 38.2. The summed E-state index contributed by atoms with van der Waals surface area (Å²) in [7, 11) is 0. The van der Waals surface area contributed by atoms with Crippen molar-refractivity contribution in [2.45, 2.75) is 0 Å². The zero-order valence-corrected chi connectivity index (χ0v) is 33.0. The van der Waals surface area contributed by atoms with E-state index in [0.717, 1.165) is 11.4 Å². The number of hydrogen-bond acceptors (Lipinski definition) is 3. The molecule has 0 spiro atoms. The Bertz CT molecular complexity index is 3510. The van der Waals surface area contributed by atoms with E-state index < -0.39 is 0 Å². The largest absolute Gasteiger partial charge is 0.309 e. The van der Waals surface area contributed by atoms with Crippen molar-refractivity contribution < 1.29 is 0 Å². The molecule has 9 aromatic carbocycles. The molecule has 12 aromatic rings. The minimum absolute atomic E-state index is 1.12. The average Bonchev–Trinajstić information content (AvgIpc) is 3.97. The SMILES string of the molecule is c1ccc(-n2c3ccccc3c3sc4c(-c5cccc(N(c6ccc(-c7cccc8ccccc78)cc6)c6cccc7c6sc6ccccc67)c5)cccc4c32)cc1. The lowest BCUT2D eigenvalue weighted by Crippen LogP contribution is -2.10. The summed E-state index contributed by atoms with van der Waals surface area (Å²) in [4.78, 5) is 2.45. The third-order valence-corrected chi connectivity index (χ3v) is 14.1. The molecule has 3 heterocycles. The summed E-state index contributed by atoms with van der Waals surface area (Å²) in [6.45, 7) is 0. The molecule has 0 amide bonds. The summed E-state index contributed by atoms with van der Waals surface area (Å²) >= 11 is 3.78. The van der Waals surface area contributed by atoms with Gasteiger partial charge in [-0.1, -0.05) is 152 Å². The average molecular weight is 775 g/mol. The fraction of sp³-hybridized carbons (Fsp3) is 0. The Morgan fingerprint density at radius 1 is 0.379 bits per heavy atom. The zero-order valence-electron chi connectivity index (χ0n) is 31.3. The van der Waals surface area contributed by atoms with Gasteiger partial charge in [0.05, 0.1) is 26.1 Å². The fourth-order valence-electron chi connectivity index (χ4n) is 8.98. The van der Waals surface area contributed by atoms with Crippen molar-refractivity contribution in [1.82, 2.24) is 4.57 Å². The van der Waals surface area contributed by atoms with Gasteiger partial charge in [-0.3, -0.25) is 0 Å². The Labute approximate surface area is 343 Å². The summed E-state index contributed by atoms with van der Waals surface area (Å²) < 4.78 is 7.65. The molecule has 4 heteroatoms. The van der Waals surface area contributed by atoms with E-state index in [0.29, 0.717) is 0 Å². The Kier molecular flexibility index (Phi) is 7.62. The van der Waals surface area contributed by atoms with E-state index in [4.69, 9.17) is 0 Å². The van der Waals surface area contributed by atoms with Crippen LogP contribution in [0.1, 0.15) is 0 Å². The maximum atomic E-state index is 2.45. The molecule has 0 aliphatic heterocycles. The molecular formula is C54H34N2S2. The second-order valence-corrected chi connectivity index (χ2v) is 16.9. The van der Waals surface area contributed by atoms with Gasteiger partial charge in [0, 0.05) is 48.0 Å². The second-order valence-electron chi connectivity index (χ2n) is 14.9. The Morgan fingerprint density at radius 2 is 1.05 bits per heavy atom. The highest BCUT2D eigenvalue weighted by atomic mass is 32.1. The van der Waals surface area contributed by atoms with E-state index in [-0.39, 0.29) is 0 Å². The van der Waals surface area contributed by atoms with Gasteiger partial charge in [0.25, 0.3) is 0 Å². The fourth-order valence-corrected chi connectivity index (χ4v) is 11.5. The summed E-state index contributed by atoms with van der Waals surface area (Å²) in [6, 6.07) is 75.4. The van der Waals surface area contributed by atoms with Gasteiger partial charge in [-0.2, -0.15) is 0 Å². The highest BCUT2D eigenvalue weighted by Crippen LogP contribution is 2.48. The number of aromatic nitrogens is 1. The van der Waals surface area contributed by atoms with Crippen LogP contribution in [0.15, 0.2) is 206 Å². The van der Waals surface area contributed by atoms with Crippen LogP contribution >= 0.6 is 22.7 Å². The molecule has 0 fully saturated rings. The van der Waals surface area contributed by atoms with Crippen molar-refractivity contribution in [2.75, 3.05) is 4.90 Å². The van der Waals surface area contributed by atoms with Crippen molar-refractivity contribution in [3.63, 3.8) is 0 Å². The van der Waals surface area contributed by atoms with Crippen molar-refractivity contribution >= 4 is 102 Å². The smallest absolute Gasteiger partial charge is 0.0727 e. The molecule has 0 atom stereocenters. The number of benzene rings is 9. The normalized spacial score (nSPS) is 11.8. The minimum Gasteiger partial charge on any atom is -0.309 e. The first-order chi connectivity index (χ1) is 28.8. The summed E-state index contributed by atoms with van der Waals surface area (Å²) in [5, 5.41) is 7.67. The first-order valence-electron chi connectivity index (χ1n) is 19.7. The van der Waals surface area contributed by atoms with Gasteiger partial charge in [-0.05, 0) is 87.6 Å². The van der Waals surface area contributed by atoms with Crippen LogP contribution in [0.25, 0.3) is 90.1 Å². The standard InChI is InChI=1S/C54H34N2S2/c1-2-17-38(18-3-1)56-48-27-8-6-22-46(48)54-51(56)47-26-12-24-43(52(47)58-54)37-16-10-19-40(34-37)55(49-28-13-25-45-44-21-7-9-29-50(44)57-53(45)49)39-32-30-36(31-33-39)42-23-11-15-35-14-4-5-20-41(35)42/h1-34H. The number of anilines is 3. The first kappa shape index (κ1) is 33.2. The molecule has 58 heavy (non-hydrogen) atoms. The van der Waals surface area contributed by atoms with Gasteiger partial charge >= 0.3 is 0 Å². The molecule has 0 aliphatic rings. The van der Waals surface area contributed by atoms with Gasteiger partial charge < -0.3 is 9.47 Å². The summed E-state index contributed by atoms with van der Waals surface area (Å²) in [5.74, 6) is 0. The van der Waals surface area contributed by atoms with E-state index >= 15 is 0 Å². The first-order valence-corrected chi connectivity index (χ1v) is 21.3. The summed E-state index contributed by atoms with van der Waals surface area (Å²) in [5.41, 5.74) is 12.0. The molecule has 12 rings (SSSR count). The lowest BCUT2D eigenvalue weighted by atomic mass is 9.98. The van der Waals surface area contributed by atoms with Gasteiger partial charge in [-0.25, -0.2) is 0 Å². The van der Waals surface area contributed by atoms with Gasteiger partial charge in [0.2, 0.25) is 0 Å². The van der Waals surface area contributed by atoms with E-state index in [1.165, 1.54) is 95.8 Å². The van der Waals surface area contributed by atoms with Crippen molar-refractivity contribution in [1.29, 1.82) is 0 Å². The third-order valence-electron chi connectivity index (χ3n) is 11.6. The number of rotatable bonds is 6. The predicted molar refractivity (Wildman–Crippen MR) is 252 cm³/mol. The van der Waals surface area contributed by atoms with Crippen LogP contribution in [0, 0.1) is 0 Å². The quantitative estimate of drug-likeness (QED) is 0.163. The topological polar surface area (TPSA) is 8.17 Å². The maximum Gasteiger partial charge on any atom is 0.0727 e. The number of hydrogen-bond donors (Lipinski definition) is 0. The van der Waals surface area contributed by atoms with Crippen molar-refractivity contribution in [3.05, 3.63) is 206 Å². The minimum atomic E-state index is 1.12. The summed E-state index contributed by atoms with van der Waals surface area (Å²) in [6.07, 6.45) is 0. The molecule has 0 saturated heterocycles. The molecular weight excluding hydrogens is 741 g/mol. The number of fused-ring (bicyclic) bond motifs is 9. The van der Waals surface area contributed by atoms with Crippen molar-refractivity contribution in [2.24, 2.45) is 0 Å². The van der Waals surface area contributed by atoms with Crippen LogP contribution in [0.2, 0.25) is 0 Å². The molecule has 272 valence electrons. The lowest BCUT2D eigenvalue weighted by molar-refractivity contribution is 1.19. The van der Waals surface area contributed by atoms with Gasteiger partial charge in [-0.15, -0.1) is 22.7 Å². The van der Waals surface area contributed by atoms with Crippen molar-refractivity contribution in [3.8, 4) is 27.9 Å². The van der Waals surface area contributed by atoms with Crippen LogP contribution in [0.3, 0.4) is 0 Å². The Balaban J connectivity index is 1.05. The van der Waals surface area contributed by atoms with Crippen LogP contribution in [-0.4, -0.2) is 4.57 Å². The number of nitrogens with zero attached hydrogens (tertiary/aromatic N) is 2. The highest BCUT2D eigenvalue weighted by molar-refractivity contribution is 7.27. The molecule has 0 saturated carbocycles. The lowest BCUT2D eigenvalue weighted by Gasteiger charge is -2.27. The Hall–Kier alpha value is -6.98. The van der Waals surface area contributed by atoms with E-state index in [1.54, 1.807) is 0 Å². The number of para-hydroxylation sites is 2. The van der Waals surface area contributed by atoms with Crippen LogP contribution < -0.4 is 4.90 Å². The molecule has 0 radical (unpaired) electrons. The van der Waals surface area contributed by atoms with E-state index in [1.807, 2.05) is 22.7 Å². The van der Waals surface area contributed by atoms with Gasteiger partial charge in [0.1, 0.15) is 0 Å². The molecule has 0 aliphatic carbocycles. The van der Waals surface area contributed by atoms with Crippen LogP contribution in [-0.2, 0) is 0 Å². The van der Waals surface area contributed by atoms with Gasteiger partial charge in [0.15, 0.2) is 0 Å². The van der Waals surface area contributed by atoms with E-state index in [2.05, 4.69) is 216 Å². The van der Waals surface area contributed by atoms with Crippen LogP contribution in [0.4, 0.5) is 17.1 Å². The molecule has 2 nitrogen and oxygen atoms in total. The van der Waals surface area contributed by atoms with Crippen LogP contribution in [0.5, 0.6) is 0 Å². The molecule has 0 unspecified atom stereocenters. The predicted octanol–water partition coefficient (Wildman–Crippen LogP) is 16.3. The Morgan fingerprint density at radius 3 is 1.95 bits per heavy atom. The monoisotopic (exact) mass is 774 g/mol. The molecule has 0 bridgehead atoms. The molecule has 0 N–H and O–H groups in total. The molecule has 3 aromatic heterocycles.